The van der Waals surface area contributed by atoms with Gasteiger partial charge in [0, 0.05) is 19.4 Å². The average molecular weight is 224 g/mol. The van der Waals surface area contributed by atoms with E-state index >= 15 is 0 Å². The molecular formula is C14H12N2O. The molecule has 2 heterocycles. The number of aromatic nitrogens is 2. The van der Waals surface area contributed by atoms with Gasteiger partial charge >= 0.3 is 0 Å². The first kappa shape index (κ1) is 9.90. The highest BCUT2D eigenvalue weighted by Gasteiger charge is 2.07. The van der Waals surface area contributed by atoms with E-state index in [4.69, 9.17) is 0 Å². The third kappa shape index (κ3) is 1.47. The van der Waals surface area contributed by atoms with Gasteiger partial charge in [0.25, 0.3) is 5.56 Å². The highest BCUT2D eigenvalue weighted by molar-refractivity contribution is 5.61. The first-order chi connectivity index (χ1) is 8.27. The van der Waals surface area contributed by atoms with E-state index in [0.717, 1.165) is 11.3 Å². The van der Waals surface area contributed by atoms with E-state index in [1.165, 1.54) is 0 Å². The molecule has 0 atom stereocenters. The molecule has 0 fully saturated rings. The highest BCUT2D eigenvalue weighted by Crippen LogP contribution is 2.17. The van der Waals surface area contributed by atoms with Crippen LogP contribution in [0.5, 0.6) is 0 Å². The number of hydrogen-bond acceptors (Lipinski definition) is 1. The Balaban J connectivity index is 2.38. The summed E-state index contributed by atoms with van der Waals surface area (Å²) in [5.74, 6) is 0. The maximum Gasteiger partial charge on any atom is 0.275 e. The molecule has 0 aliphatic heterocycles. The van der Waals surface area contributed by atoms with Gasteiger partial charge in [0.2, 0.25) is 0 Å². The van der Waals surface area contributed by atoms with Crippen molar-refractivity contribution in [3.8, 4) is 11.3 Å². The van der Waals surface area contributed by atoms with Crippen molar-refractivity contribution in [3.63, 3.8) is 0 Å². The van der Waals surface area contributed by atoms with Gasteiger partial charge in [-0.2, -0.15) is 0 Å². The zero-order valence-corrected chi connectivity index (χ0v) is 9.50. The second-order valence-corrected chi connectivity index (χ2v) is 4.05. The molecule has 3 nitrogen and oxygen atoms in total. The van der Waals surface area contributed by atoms with Crippen molar-refractivity contribution >= 4 is 5.52 Å². The standard InChI is InChI=1S/C14H12N2O/c1-15-13(11-6-3-2-4-7-11)10-16-9-5-8-12(16)14(15)17/h2-10H,1H3. The minimum atomic E-state index is 0.0244. The van der Waals surface area contributed by atoms with Crippen LogP contribution in [0.3, 0.4) is 0 Å². The SMILES string of the molecule is Cn1c(-c2ccccc2)cn2cccc2c1=O. The van der Waals surface area contributed by atoms with E-state index in [2.05, 4.69) is 0 Å². The molecule has 0 radical (unpaired) electrons. The summed E-state index contributed by atoms with van der Waals surface area (Å²) in [6.07, 6.45) is 3.87. The van der Waals surface area contributed by atoms with Crippen molar-refractivity contribution in [2.24, 2.45) is 7.05 Å². The van der Waals surface area contributed by atoms with Crippen LogP contribution in [0.25, 0.3) is 16.8 Å². The minimum absolute atomic E-state index is 0.0244. The fourth-order valence-electron chi connectivity index (χ4n) is 2.06. The summed E-state index contributed by atoms with van der Waals surface area (Å²) in [6, 6.07) is 13.6. The molecule has 0 N–H and O–H groups in total. The lowest BCUT2D eigenvalue weighted by atomic mass is 10.1. The van der Waals surface area contributed by atoms with Gasteiger partial charge in [-0.15, -0.1) is 0 Å². The van der Waals surface area contributed by atoms with Crippen molar-refractivity contribution in [3.05, 3.63) is 65.2 Å². The van der Waals surface area contributed by atoms with Crippen molar-refractivity contribution in [2.75, 3.05) is 0 Å². The van der Waals surface area contributed by atoms with Gasteiger partial charge in [-0.1, -0.05) is 30.3 Å². The van der Waals surface area contributed by atoms with Crippen LogP contribution >= 0.6 is 0 Å². The lowest BCUT2D eigenvalue weighted by Crippen LogP contribution is -2.20. The van der Waals surface area contributed by atoms with Gasteiger partial charge in [0.05, 0.1) is 5.69 Å². The highest BCUT2D eigenvalue weighted by atomic mass is 16.1. The molecule has 0 aliphatic rings. The maximum absolute atomic E-state index is 12.1. The topological polar surface area (TPSA) is 26.4 Å². The van der Waals surface area contributed by atoms with E-state index in [9.17, 15) is 4.79 Å². The van der Waals surface area contributed by atoms with Crippen LogP contribution in [-0.4, -0.2) is 8.97 Å². The Hall–Kier alpha value is -2.29. The summed E-state index contributed by atoms with van der Waals surface area (Å²) in [7, 11) is 1.80. The van der Waals surface area contributed by atoms with E-state index in [1.807, 2.05) is 59.3 Å². The molecule has 1 aromatic carbocycles. The molecule has 0 unspecified atom stereocenters. The van der Waals surface area contributed by atoms with Crippen molar-refractivity contribution in [2.45, 2.75) is 0 Å². The Bertz CT molecular complexity index is 723. The second kappa shape index (κ2) is 3.63. The van der Waals surface area contributed by atoms with Crippen LogP contribution in [0.1, 0.15) is 0 Å². The van der Waals surface area contributed by atoms with Crippen molar-refractivity contribution < 1.29 is 0 Å². The van der Waals surface area contributed by atoms with E-state index < -0.39 is 0 Å². The lowest BCUT2D eigenvalue weighted by Gasteiger charge is -2.09. The van der Waals surface area contributed by atoms with Crippen LogP contribution in [-0.2, 0) is 7.05 Å². The van der Waals surface area contributed by atoms with Gasteiger partial charge in [0.15, 0.2) is 0 Å². The van der Waals surface area contributed by atoms with Gasteiger partial charge < -0.3 is 8.97 Å². The molecule has 2 aromatic heterocycles. The number of benzene rings is 1. The summed E-state index contributed by atoms with van der Waals surface area (Å²) < 4.78 is 3.55. The summed E-state index contributed by atoms with van der Waals surface area (Å²) in [5, 5.41) is 0. The lowest BCUT2D eigenvalue weighted by molar-refractivity contribution is 0.857. The van der Waals surface area contributed by atoms with Crippen LogP contribution in [0, 0.1) is 0 Å². The fraction of sp³-hybridized carbons (Fsp3) is 0.0714. The smallest absolute Gasteiger partial charge is 0.275 e. The molecule has 0 saturated carbocycles. The molecule has 3 rings (SSSR count). The third-order valence-electron chi connectivity index (χ3n) is 2.99. The van der Waals surface area contributed by atoms with Gasteiger partial charge in [-0.25, -0.2) is 0 Å². The Kier molecular flexibility index (Phi) is 2.11. The number of hydrogen-bond donors (Lipinski definition) is 0. The zero-order valence-electron chi connectivity index (χ0n) is 9.50. The van der Waals surface area contributed by atoms with Crippen molar-refractivity contribution in [1.29, 1.82) is 0 Å². The molecule has 3 heteroatoms. The van der Waals surface area contributed by atoms with E-state index in [0.29, 0.717) is 5.52 Å². The maximum atomic E-state index is 12.1. The summed E-state index contributed by atoms with van der Waals surface area (Å²) in [4.78, 5) is 12.1. The molecule has 0 amide bonds. The first-order valence-electron chi connectivity index (χ1n) is 5.49. The summed E-state index contributed by atoms with van der Waals surface area (Å²) in [6.45, 7) is 0. The Morgan fingerprint density at radius 2 is 1.76 bits per heavy atom. The minimum Gasteiger partial charge on any atom is -0.317 e. The average Bonchev–Trinajstić information content (AvgIpc) is 2.83. The van der Waals surface area contributed by atoms with Crippen LogP contribution in [0.4, 0.5) is 0 Å². The van der Waals surface area contributed by atoms with Crippen LogP contribution in [0.2, 0.25) is 0 Å². The predicted octanol–water partition coefficient (Wildman–Crippen LogP) is 2.30. The first-order valence-corrected chi connectivity index (χ1v) is 5.49. The molecule has 0 saturated heterocycles. The third-order valence-corrected chi connectivity index (χ3v) is 2.99. The van der Waals surface area contributed by atoms with Crippen LogP contribution in [0.15, 0.2) is 59.7 Å². The van der Waals surface area contributed by atoms with E-state index in [-0.39, 0.29) is 5.56 Å². The quantitative estimate of drug-likeness (QED) is 0.623. The summed E-state index contributed by atoms with van der Waals surface area (Å²) in [5.41, 5.74) is 2.69. The Morgan fingerprint density at radius 1 is 1.00 bits per heavy atom. The molecule has 0 bridgehead atoms. The van der Waals surface area contributed by atoms with Gasteiger partial charge in [-0.05, 0) is 17.7 Å². The van der Waals surface area contributed by atoms with E-state index in [1.54, 1.807) is 11.6 Å². The zero-order chi connectivity index (χ0) is 11.8. The number of nitrogens with zero attached hydrogens (tertiary/aromatic N) is 2. The van der Waals surface area contributed by atoms with Gasteiger partial charge in [-0.3, -0.25) is 4.79 Å². The van der Waals surface area contributed by atoms with Gasteiger partial charge in [0.1, 0.15) is 5.52 Å². The molecule has 0 spiro atoms. The largest absolute Gasteiger partial charge is 0.317 e. The number of fused-ring (bicyclic) bond motifs is 1. The fourth-order valence-corrected chi connectivity index (χ4v) is 2.06. The van der Waals surface area contributed by atoms with Crippen molar-refractivity contribution in [1.82, 2.24) is 8.97 Å². The normalized spacial score (nSPS) is 10.9. The number of rotatable bonds is 1. The Labute approximate surface area is 98.6 Å². The second-order valence-electron chi connectivity index (χ2n) is 4.05. The molecule has 3 aromatic rings. The molecule has 0 aliphatic carbocycles. The predicted molar refractivity (Wildman–Crippen MR) is 68.1 cm³/mol. The summed E-state index contributed by atoms with van der Waals surface area (Å²) >= 11 is 0. The molecule has 17 heavy (non-hydrogen) atoms. The van der Waals surface area contributed by atoms with Crippen LogP contribution < -0.4 is 5.56 Å². The molecular weight excluding hydrogens is 212 g/mol. The monoisotopic (exact) mass is 224 g/mol. The Morgan fingerprint density at radius 3 is 2.53 bits per heavy atom. The molecule has 84 valence electrons.